The Balaban J connectivity index is 1.41. The molecule has 1 aliphatic rings. The van der Waals surface area contributed by atoms with E-state index < -0.39 is 0 Å². The Hall–Kier alpha value is -3.16. The lowest BCUT2D eigenvalue weighted by Gasteiger charge is -2.24. The number of aromatic nitrogens is 3. The third-order valence-corrected chi connectivity index (χ3v) is 4.81. The Morgan fingerprint density at radius 3 is 2.81 bits per heavy atom. The average molecular weight is 367 g/mol. The first-order valence-corrected chi connectivity index (χ1v) is 8.98. The summed E-state index contributed by atoms with van der Waals surface area (Å²) in [6.07, 6.45) is 1.84. The highest BCUT2D eigenvalue weighted by Crippen LogP contribution is 2.35. The van der Waals surface area contributed by atoms with Gasteiger partial charge in [-0.25, -0.2) is 4.79 Å². The lowest BCUT2D eigenvalue weighted by Crippen LogP contribution is -2.39. The normalized spacial score (nSPS) is 16.7. The Kier molecular flexibility index (Phi) is 4.62. The molecule has 0 unspecified atom stereocenters. The van der Waals surface area contributed by atoms with Crippen LogP contribution in [0.1, 0.15) is 41.8 Å². The number of likely N-dealkylation sites (tertiary alicyclic amines) is 1. The number of carbonyl (C=O) groups excluding carboxylic acids is 1. The van der Waals surface area contributed by atoms with E-state index in [2.05, 4.69) is 20.7 Å². The van der Waals surface area contributed by atoms with Crippen LogP contribution in [-0.4, -0.2) is 32.8 Å². The summed E-state index contributed by atoms with van der Waals surface area (Å²) in [5.74, 6) is 1.58. The zero-order valence-corrected chi connectivity index (χ0v) is 15.3. The predicted octanol–water partition coefficient (Wildman–Crippen LogP) is 3.39. The van der Waals surface area contributed by atoms with Gasteiger partial charge in [0.15, 0.2) is 0 Å². The van der Waals surface area contributed by atoms with E-state index in [1.807, 2.05) is 49.1 Å². The molecule has 0 spiro atoms. The first-order chi connectivity index (χ1) is 13.1. The highest BCUT2D eigenvalue weighted by Gasteiger charge is 2.33. The smallest absolute Gasteiger partial charge is 0.318 e. The van der Waals surface area contributed by atoms with Gasteiger partial charge in [0, 0.05) is 17.7 Å². The fourth-order valence-electron chi connectivity index (χ4n) is 3.55. The van der Waals surface area contributed by atoms with Gasteiger partial charge in [0.2, 0.25) is 11.8 Å². The molecule has 1 fully saturated rings. The second-order valence-electron chi connectivity index (χ2n) is 6.61. The Labute approximate surface area is 156 Å². The molecule has 2 amide bonds. The van der Waals surface area contributed by atoms with E-state index in [-0.39, 0.29) is 18.6 Å². The maximum Gasteiger partial charge on any atom is 0.318 e. The van der Waals surface area contributed by atoms with Crippen molar-refractivity contribution in [1.82, 2.24) is 25.6 Å². The Morgan fingerprint density at radius 2 is 2.07 bits per heavy atom. The second kappa shape index (κ2) is 7.22. The summed E-state index contributed by atoms with van der Waals surface area (Å²) < 4.78 is 10.9. The fourth-order valence-corrected chi connectivity index (χ4v) is 3.55. The number of amides is 2. The lowest BCUT2D eigenvalue weighted by atomic mass is 10.0. The summed E-state index contributed by atoms with van der Waals surface area (Å²) in [5.41, 5.74) is 2.69. The number of carbonyl (C=O) groups is 1. The summed E-state index contributed by atoms with van der Waals surface area (Å²) >= 11 is 0. The summed E-state index contributed by atoms with van der Waals surface area (Å²) in [5, 5.41) is 14.9. The zero-order valence-electron chi connectivity index (χ0n) is 15.3. The van der Waals surface area contributed by atoms with Crippen molar-refractivity contribution < 1.29 is 13.7 Å². The van der Waals surface area contributed by atoms with Gasteiger partial charge in [0.05, 0.1) is 18.3 Å². The van der Waals surface area contributed by atoms with Crippen molar-refractivity contribution in [3.63, 3.8) is 0 Å². The molecule has 0 radical (unpaired) electrons. The van der Waals surface area contributed by atoms with Crippen LogP contribution in [0.15, 0.2) is 39.3 Å². The van der Waals surface area contributed by atoms with E-state index in [4.69, 9.17) is 8.94 Å². The highest BCUT2D eigenvalue weighted by atomic mass is 16.5. The SMILES string of the molecule is Cc1noc(C)c1[C@H]1CCCN1C(=O)NCc1nnc(-c2ccccc2)o1. The van der Waals surface area contributed by atoms with Crippen LogP contribution in [0.25, 0.3) is 11.5 Å². The molecule has 8 nitrogen and oxygen atoms in total. The van der Waals surface area contributed by atoms with Crippen molar-refractivity contribution >= 4 is 6.03 Å². The molecule has 0 aliphatic carbocycles. The molecule has 1 saturated heterocycles. The maximum absolute atomic E-state index is 12.7. The molecule has 1 N–H and O–H groups in total. The summed E-state index contributed by atoms with van der Waals surface area (Å²) in [4.78, 5) is 14.5. The van der Waals surface area contributed by atoms with Crippen LogP contribution in [0.4, 0.5) is 4.79 Å². The molecule has 3 aromatic rings. The Morgan fingerprint density at radius 1 is 1.26 bits per heavy atom. The third-order valence-electron chi connectivity index (χ3n) is 4.81. The van der Waals surface area contributed by atoms with Crippen LogP contribution >= 0.6 is 0 Å². The monoisotopic (exact) mass is 367 g/mol. The molecule has 1 aromatic carbocycles. The molecule has 27 heavy (non-hydrogen) atoms. The predicted molar refractivity (Wildman–Crippen MR) is 96.6 cm³/mol. The second-order valence-corrected chi connectivity index (χ2v) is 6.61. The number of nitrogens with one attached hydrogen (secondary N) is 1. The molecule has 4 rings (SSSR count). The topological polar surface area (TPSA) is 97.3 Å². The maximum atomic E-state index is 12.7. The number of benzene rings is 1. The van der Waals surface area contributed by atoms with Crippen LogP contribution in [0.5, 0.6) is 0 Å². The van der Waals surface area contributed by atoms with Crippen LogP contribution in [0, 0.1) is 13.8 Å². The van der Waals surface area contributed by atoms with Gasteiger partial charge in [-0.3, -0.25) is 0 Å². The third kappa shape index (κ3) is 3.42. The van der Waals surface area contributed by atoms with Gasteiger partial charge < -0.3 is 19.2 Å². The van der Waals surface area contributed by atoms with Gasteiger partial charge in [-0.2, -0.15) is 0 Å². The largest absolute Gasteiger partial charge is 0.419 e. The van der Waals surface area contributed by atoms with E-state index in [1.54, 1.807) is 0 Å². The number of aryl methyl sites for hydroxylation is 2. The van der Waals surface area contributed by atoms with Crippen LogP contribution in [0.3, 0.4) is 0 Å². The number of nitrogens with zero attached hydrogens (tertiary/aromatic N) is 4. The van der Waals surface area contributed by atoms with E-state index in [0.29, 0.717) is 18.3 Å². The standard InChI is InChI=1S/C19H21N5O3/c1-12-17(13(2)27-23-12)15-9-6-10-24(15)19(25)20-11-16-21-22-18(26-16)14-7-4-3-5-8-14/h3-5,7-8,15H,6,9-11H2,1-2H3,(H,20,25)/t15-/m1/s1. The summed E-state index contributed by atoms with van der Waals surface area (Å²) in [6, 6.07) is 9.36. The number of hydrogen-bond acceptors (Lipinski definition) is 6. The van der Waals surface area contributed by atoms with Crippen molar-refractivity contribution in [3.8, 4) is 11.5 Å². The highest BCUT2D eigenvalue weighted by molar-refractivity contribution is 5.75. The van der Waals surface area contributed by atoms with Crippen molar-refractivity contribution in [2.45, 2.75) is 39.3 Å². The minimum absolute atomic E-state index is 0.0150. The van der Waals surface area contributed by atoms with E-state index in [1.165, 1.54) is 0 Å². The zero-order chi connectivity index (χ0) is 18.8. The van der Waals surface area contributed by atoms with Crippen molar-refractivity contribution in [1.29, 1.82) is 0 Å². The molecule has 8 heteroatoms. The molecule has 1 atom stereocenters. The fraction of sp³-hybridized carbons (Fsp3) is 0.368. The molecule has 3 heterocycles. The van der Waals surface area contributed by atoms with Gasteiger partial charge in [0.25, 0.3) is 0 Å². The van der Waals surface area contributed by atoms with E-state index >= 15 is 0 Å². The van der Waals surface area contributed by atoms with Gasteiger partial charge >= 0.3 is 6.03 Å². The molecular weight excluding hydrogens is 346 g/mol. The molecule has 1 aliphatic heterocycles. The molecule has 140 valence electrons. The molecule has 0 bridgehead atoms. The first kappa shape index (κ1) is 17.3. The minimum Gasteiger partial charge on any atom is -0.419 e. The van der Waals surface area contributed by atoms with Gasteiger partial charge in [-0.1, -0.05) is 23.4 Å². The minimum atomic E-state index is -0.156. The summed E-state index contributed by atoms with van der Waals surface area (Å²) in [7, 11) is 0. The average Bonchev–Trinajstić information content (AvgIpc) is 3.41. The van der Waals surface area contributed by atoms with Crippen molar-refractivity contribution in [2.24, 2.45) is 0 Å². The van der Waals surface area contributed by atoms with Crippen molar-refractivity contribution in [3.05, 3.63) is 53.2 Å². The van der Waals surface area contributed by atoms with E-state index in [9.17, 15) is 4.79 Å². The van der Waals surface area contributed by atoms with Crippen LogP contribution in [-0.2, 0) is 6.54 Å². The number of rotatable bonds is 4. The van der Waals surface area contributed by atoms with Gasteiger partial charge in [0.1, 0.15) is 5.76 Å². The number of hydrogen-bond donors (Lipinski definition) is 1. The molecule has 0 saturated carbocycles. The van der Waals surface area contributed by atoms with Crippen LogP contribution < -0.4 is 5.32 Å². The van der Waals surface area contributed by atoms with Crippen LogP contribution in [0.2, 0.25) is 0 Å². The van der Waals surface area contributed by atoms with Crippen molar-refractivity contribution in [2.75, 3.05) is 6.54 Å². The van der Waals surface area contributed by atoms with Gasteiger partial charge in [-0.05, 0) is 38.8 Å². The number of urea groups is 1. The van der Waals surface area contributed by atoms with Gasteiger partial charge in [-0.15, -0.1) is 10.2 Å². The molecule has 2 aromatic heterocycles. The molecular formula is C19H21N5O3. The van der Waals surface area contributed by atoms with E-state index in [0.717, 1.165) is 35.4 Å². The quantitative estimate of drug-likeness (QED) is 0.759. The first-order valence-electron chi connectivity index (χ1n) is 8.98. The Bertz CT molecular complexity index is 914. The lowest BCUT2D eigenvalue weighted by molar-refractivity contribution is 0.191. The summed E-state index contributed by atoms with van der Waals surface area (Å²) in [6.45, 7) is 4.67.